The van der Waals surface area contributed by atoms with Gasteiger partial charge in [-0.2, -0.15) is 13.2 Å². The van der Waals surface area contributed by atoms with Crippen LogP contribution in [0.3, 0.4) is 0 Å². The standard InChI is InChI=1S/C26H24F3N3O6/c1-36-19-8-9-22(21(11-19)26(27,28)29)37-18-6-4-16(5-7-18)14-31-23(34)25(12-17(33)13-25)32-24(35)38-20-3-2-10-30-15-20/h2-11,15,17,33H,12-14H2,1H3,(H,31,34)(H,32,35). The summed E-state index contributed by atoms with van der Waals surface area (Å²) in [5.41, 5.74) is -1.69. The Bertz CT molecular complexity index is 1280. The third-order valence-corrected chi connectivity index (χ3v) is 5.89. The number of benzene rings is 2. The van der Waals surface area contributed by atoms with E-state index in [4.69, 9.17) is 14.2 Å². The second-order valence-electron chi connectivity index (χ2n) is 8.64. The number of rotatable bonds is 8. The number of pyridine rings is 1. The van der Waals surface area contributed by atoms with Crippen molar-refractivity contribution in [1.82, 2.24) is 15.6 Å². The van der Waals surface area contributed by atoms with Gasteiger partial charge in [-0.15, -0.1) is 0 Å². The Labute approximate surface area is 215 Å². The minimum absolute atomic E-state index is 0.0111. The number of alkyl halides is 3. The van der Waals surface area contributed by atoms with Gasteiger partial charge in [0.15, 0.2) is 5.75 Å². The maximum Gasteiger partial charge on any atom is 0.420 e. The van der Waals surface area contributed by atoms with E-state index < -0.39 is 35.4 Å². The molecule has 0 unspecified atom stereocenters. The number of aliphatic hydroxyl groups is 1. The molecule has 0 atom stereocenters. The van der Waals surface area contributed by atoms with E-state index in [1.165, 1.54) is 49.8 Å². The van der Waals surface area contributed by atoms with Crippen molar-refractivity contribution in [2.24, 2.45) is 0 Å². The molecule has 38 heavy (non-hydrogen) atoms. The van der Waals surface area contributed by atoms with Gasteiger partial charge in [0.05, 0.1) is 19.4 Å². The topological polar surface area (TPSA) is 119 Å². The zero-order valence-corrected chi connectivity index (χ0v) is 20.1. The molecule has 1 saturated carbocycles. The Morgan fingerprint density at radius 2 is 1.79 bits per heavy atom. The molecule has 2 aromatic carbocycles. The predicted octanol–water partition coefficient (Wildman–Crippen LogP) is 4.20. The number of ether oxygens (including phenoxy) is 3. The Balaban J connectivity index is 1.36. The summed E-state index contributed by atoms with van der Waals surface area (Å²) in [5.74, 6) is -0.491. The lowest BCUT2D eigenvalue weighted by Crippen LogP contribution is -2.67. The number of nitrogens with zero attached hydrogens (tertiary/aromatic N) is 1. The van der Waals surface area contributed by atoms with E-state index in [9.17, 15) is 27.9 Å². The Kier molecular flexibility index (Phi) is 7.72. The lowest BCUT2D eigenvalue weighted by atomic mass is 9.73. The molecule has 1 aliphatic rings. The zero-order valence-electron chi connectivity index (χ0n) is 20.1. The number of carbonyl (C=O) groups is 2. The number of aliphatic hydroxyl groups excluding tert-OH is 1. The van der Waals surface area contributed by atoms with Crippen molar-refractivity contribution in [1.29, 1.82) is 0 Å². The Hall–Kier alpha value is -4.32. The Morgan fingerprint density at radius 3 is 2.39 bits per heavy atom. The molecule has 4 rings (SSSR count). The van der Waals surface area contributed by atoms with E-state index >= 15 is 0 Å². The number of hydrogen-bond acceptors (Lipinski definition) is 7. The van der Waals surface area contributed by atoms with Crippen molar-refractivity contribution in [3.05, 3.63) is 78.1 Å². The van der Waals surface area contributed by atoms with Gasteiger partial charge in [0.2, 0.25) is 5.91 Å². The van der Waals surface area contributed by atoms with Gasteiger partial charge in [0, 0.05) is 25.6 Å². The van der Waals surface area contributed by atoms with E-state index in [0.29, 0.717) is 5.56 Å². The highest BCUT2D eigenvalue weighted by molar-refractivity contribution is 5.91. The maximum absolute atomic E-state index is 13.4. The van der Waals surface area contributed by atoms with E-state index in [-0.39, 0.29) is 42.4 Å². The number of nitrogens with one attached hydrogen (secondary N) is 2. The molecule has 0 spiro atoms. The molecule has 3 N–H and O–H groups in total. The average Bonchev–Trinajstić information content (AvgIpc) is 2.87. The molecule has 200 valence electrons. The van der Waals surface area contributed by atoms with Crippen LogP contribution in [-0.2, 0) is 17.5 Å². The second-order valence-corrected chi connectivity index (χ2v) is 8.64. The van der Waals surface area contributed by atoms with Crippen LogP contribution in [0.1, 0.15) is 24.0 Å². The number of aromatic nitrogens is 1. The maximum atomic E-state index is 13.4. The summed E-state index contributed by atoms with van der Waals surface area (Å²) in [5, 5.41) is 15.0. The van der Waals surface area contributed by atoms with Crippen molar-refractivity contribution in [2.45, 2.75) is 37.2 Å². The molecular weight excluding hydrogens is 507 g/mol. The first-order chi connectivity index (χ1) is 18.1. The number of hydrogen-bond donors (Lipinski definition) is 3. The average molecular weight is 531 g/mol. The summed E-state index contributed by atoms with van der Waals surface area (Å²) >= 11 is 0. The van der Waals surface area contributed by atoms with Crippen molar-refractivity contribution in [3.63, 3.8) is 0 Å². The number of halogens is 3. The van der Waals surface area contributed by atoms with Crippen molar-refractivity contribution < 1.29 is 42.1 Å². The van der Waals surface area contributed by atoms with Gasteiger partial charge in [-0.05, 0) is 48.0 Å². The highest BCUT2D eigenvalue weighted by Crippen LogP contribution is 2.40. The number of methoxy groups -OCH3 is 1. The summed E-state index contributed by atoms with van der Waals surface area (Å²) in [6, 6.07) is 12.6. The van der Waals surface area contributed by atoms with E-state index in [1.54, 1.807) is 18.2 Å². The van der Waals surface area contributed by atoms with Crippen LogP contribution in [0.2, 0.25) is 0 Å². The lowest BCUT2D eigenvalue weighted by molar-refractivity contribution is -0.138. The van der Waals surface area contributed by atoms with Crippen LogP contribution in [0.15, 0.2) is 67.0 Å². The molecule has 3 aromatic rings. The summed E-state index contributed by atoms with van der Waals surface area (Å²) < 4.78 is 55.7. The molecule has 2 amide bonds. The lowest BCUT2D eigenvalue weighted by Gasteiger charge is -2.43. The molecule has 1 fully saturated rings. The highest BCUT2D eigenvalue weighted by Gasteiger charge is 2.51. The van der Waals surface area contributed by atoms with Gasteiger partial charge in [0.25, 0.3) is 0 Å². The monoisotopic (exact) mass is 531 g/mol. The van der Waals surface area contributed by atoms with Gasteiger partial charge in [-0.3, -0.25) is 9.78 Å². The smallest absolute Gasteiger partial charge is 0.420 e. The zero-order chi connectivity index (χ0) is 27.3. The minimum Gasteiger partial charge on any atom is -0.497 e. The molecule has 1 aromatic heterocycles. The largest absolute Gasteiger partial charge is 0.497 e. The Morgan fingerprint density at radius 1 is 1.08 bits per heavy atom. The van der Waals surface area contributed by atoms with Gasteiger partial charge in [0.1, 0.15) is 28.4 Å². The fourth-order valence-corrected chi connectivity index (χ4v) is 3.92. The summed E-state index contributed by atoms with van der Waals surface area (Å²) in [6.45, 7) is 0.0621. The SMILES string of the molecule is COc1ccc(Oc2ccc(CNC(=O)C3(NC(=O)Oc4cccnc4)CC(O)C3)cc2)c(C(F)(F)F)c1. The number of carbonyl (C=O) groups excluding carboxylic acids is 2. The van der Waals surface area contributed by atoms with Gasteiger partial charge in [-0.1, -0.05) is 12.1 Å². The molecule has 12 heteroatoms. The summed E-state index contributed by atoms with van der Waals surface area (Å²) in [7, 11) is 1.27. The third kappa shape index (κ3) is 6.32. The van der Waals surface area contributed by atoms with Crippen LogP contribution in [0.5, 0.6) is 23.0 Å². The first-order valence-corrected chi connectivity index (χ1v) is 11.5. The van der Waals surface area contributed by atoms with Crippen LogP contribution in [0.4, 0.5) is 18.0 Å². The molecule has 0 saturated heterocycles. The minimum atomic E-state index is -4.64. The molecule has 9 nitrogen and oxygen atoms in total. The van der Waals surface area contributed by atoms with Crippen LogP contribution >= 0.6 is 0 Å². The fraction of sp³-hybridized carbons (Fsp3) is 0.269. The molecule has 1 heterocycles. The molecule has 0 aliphatic heterocycles. The summed E-state index contributed by atoms with van der Waals surface area (Å²) in [4.78, 5) is 29.0. The van der Waals surface area contributed by atoms with Gasteiger partial charge >= 0.3 is 12.3 Å². The van der Waals surface area contributed by atoms with Crippen molar-refractivity contribution in [3.8, 4) is 23.0 Å². The normalized spacial score (nSPS) is 18.6. The molecule has 0 radical (unpaired) electrons. The fourth-order valence-electron chi connectivity index (χ4n) is 3.92. The predicted molar refractivity (Wildman–Crippen MR) is 128 cm³/mol. The van der Waals surface area contributed by atoms with Crippen molar-refractivity contribution in [2.75, 3.05) is 7.11 Å². The van der Waals surface area contributed by atoms with Gasteiger partial charge in [-0.25, -0.2) is 4.79 Å². The first-order valence-electron chi connectivity index (χ1n) is 11.5. The summed E-state index contributed by atoms with van der Waals surface area (Å²) in [6.07, 6.45) is -3.38. The molecular formula is C26H24F3N3O6. The first kappa shape index (κ1) is 26.7. The quantitative estimate of drug-likeness (QED) is 0.399. The van der Waals surface area contributed by atoms with Crippen LogP contribution in [0.25, 0.3) is 0 Å². The van der Waals surface area contributed by atoms with Crippen LogP contribution < -0.4 is 24.8 Å². The van der Waals surface area contributed by atoms with E-state index in [1.807, 2.05) is 0 Å². The second kappa shape index (κ2) is 11.0. The number of amides is 2. The molecule has 0 bridgehead atoms. The highest BCUT2D eigenvalue weighted by atomic mass is 19.4. The van der Waals surface area contributed by atoms with Crippen LogP contribution in [-0.4, -0.2) is 40.8 Å². The molecule has 1 aliphatic carbocycles. The van der Waals surface area contributed by atoms with E-state index in [2.05, 4.69) is 15.6 Å². The van der Waals surface area contributed by atoms with Gasteiger partial charge < -0.3 is 30.0 Å². The third-order valence-electron chi connectivity index (χ3n) is 5.89. The van der Waals surface area contributed by atoms with Crippen LogP contribution in [0, 0.1) is 0 Å². The van der Waals surface area contributed by atoms with Crippen molar-refractivity contribution >= 4 is 12.0 Å². The van der Waals surface area contributed by atoms with E-state index in [0.717, 1.165) is 6.07 Å².